The molecule has 2 rings (SSSR count). The molecule has 1 heterocycles. The number of hydrogen-bond acceptors (Lipinski definition) is 3. The summed E-state index contributed by atoms with van der Waals surface area (Å²) in [7, 11) is 0. The molecule has 0 unspecified atom stereocenters. The van der Waals surface area contributed by atoms with Gasteiger partial charge in [-0.25, -0.2) is 9.18 Å². The number of nitrogens with zero attached hydrogens (tertiary/aromatic N) is 1. The predicted octanol–water partition coefficient (Wildman–Crippen LogP) is 3.92. The van der Waals surface area contributed by atoms with Crippen LogP contribution in [0.5, 0.6) is 0 Å². The van der Waals surface area contributed by atoms with Crippen molar-refractivity contribution in [2.24, 2.45) is 0 Å². The minimum atomic E-state index is -0.452. The second kappa shape index (κ2) is 7.79. The van der Waals surface area contributed by atoms with Crippen molar-refractivity contribution < 1.29 is 13.9 Å². The molecule has 1 aliphatic rings. The van der Waals surface area contributed by atoms with Gasteiger partial charge >= 0.3 is 6.09 Å². The monoisotopic (exact) mass is 434 g/mol. The van der Waals surface area contributed by atoms with E-state index in [1.807, 2.05) is 49.4 Å². The molecule has 1 aromatic rings. The Labute approximate surface area is 150 Å². The maximum Gasteiger partial charge on any atom is 0.410 e. The third-order valence-corrected chi connectivity index (χ3v) is 4.55. The highest BCUT2D eigenvalue weighted by molar-refractivity contribution is 14.1. The summed E-state index contributed by atoms with van der Waals surface area (Å²) < 4.78 is 19.3. The molecule has 0 bridgehead atoms. The van der Waals surface area contributed by atoms with Crippen LogP contribution in [0.2, 0.25) is 0 Å². The van der Waals surface area contributed by atoms with E-state index in [1.165, 1.54) is 6.07 Å². The molecule has 23 heavy (non-hydrogen) atoms. The van der Waals surface area contributed by atoms with Crippen LogP contribution in [0.25, 0.3) is 0 Å². The van der Waals surface area contributed by atoms with Gasteiger partial charge in [-0.05, 0) is 73.9 Å². The number of likely N-dealkylation sites (tertiary alicyclic amines) is 1. The fraction of sp³-hybridized carbons (Fsp3) is 0.588. The van der Waals surface area contributed by atoms with E-state index < -0.39 is 5.60 Å². The maximum absolute atomic E-state index is 13.3. The molecule has 1 aromatic carbocycles. The number of nitrogens with one attached hydrogen (secondary N) is 1. The number of rotatable bonds is 3. The Bertz CT molecular complexity index is 552. The average molecular weight is 434 g/mol. The topological polar surface area (TPSA) is 41.6 Å². The highest BCUT2D eigenvalue weighted by Crippen LogP contribution is 2.17. The fourth-order valence-corrected chi connectivity index (χ4v) is 3.08. The van der Waals surface area contributed by atoms with Crippen molar-refractivity contribution in [1.29, 1.82) is 0 Å². The van der Waals surface area contributed by atoms with Gasteiger partial charge in [0.05, 0.1) is 0 Å². The van der Waals surface area contributed by atoms with Crippen molar-refractivity contribution in [2.75, 3.05) is 13.1 Å². The number of hydrogen-bond donors (Lipinski definition) is 1. The van der Waals surface area contributed by atoms with Crippen molar-refractivity contribution in [3.63, 3.8) is 0 Å². The van der Waals surface area contributed by atoms with Crippen LogP contribution >= 0.6 is 22.6 Å². The summed E-state index contributed by atoms with van der Waals surface area (Å²) in [5.74, 6) is -0.181. The largest absolute Gasteiger partial charge is 0.444 e. The second-order valence-electron chi connectivity index (χ2n) is 6.87. The van der Waals surface area contributed by atoms with Crippen molar-refractivity contribution in [2.45, 2.75) is 51.8 Å². The fourth-order valence-electron chi connectivity index (χ4n) is 2.50. The predicted molar refractivity (Wildman–Crippen MR) is 96.8 cm³/mol. The van der Waals surface area contributed by atoms with Gasteiger partial charge in [0.1, 0.15) is 11.4 Å². The lowest BCUT2D eigenvalue weighted by molar-refractivity contribution is 0.0198. The highest BCUT2D eigenvalue weighted by atomic mass is 127. The SMILES string of the molecule is CC(C)(C)OC(=O)N1CCC(NCc2ccc(F)c(I)c2)CC1. The van der Waals surface area contributed by atoms with Gasteiger partial charge in [0.2, 0.25) is 0 Å². The van der Waals surface area contributed by atoms with Crippen LogP contribution in [-0.2, 0) is 11.3 Å². The molecule has 0 radical (unpaired) electrons. The standard InChI is InChI=1S/C17H24FIN2O2/c1-17(2,3)23-16(22)21-8-6-13(7-9-21)20-11-12-4-5-14(18)15(19)10-12/h4-5,10,13,20H,6-9,11H2,1-3H3. The first-order valence-corrected chi connectivity index (χ1v) is 8.98. The maximum atomic E-state index is 13.3. The average Bonchev–Trinajstić information content (AvgIpc) is 2.47. The molecular formula is C17H24FIN2O2. The van der Waals surface area contributed by atoms with E-state index in [0.29, 0.717) is 29.2 Å². The van der Waals surface area contributed by atoms with E-state index in [-0.39, 0.29) is 11.9 Å². The van der Waals surface area contributed by atoms with Gasteiger partial charge < -0.3 is 15.0 Å². The number of piperidine rings is 1. The minimum absolute atomic E-state index is 0.181. The molecule has 6 heteroatoms. The molecule has 1 aliphatic heterocycles. The quantitative estimate of drug-likeness (QED) is 0.734. The van der Waals surface area contributed by atoms with Gasteiger partial charge in [0.25, 0.3) is 0 Å². The van der Waals surface area contributed by atoms with Gasteiger partial charge in [0.15, 0.2) is 0 Å². The third kappa shape index (κ3) is 5.91. The first-order valence-electron chi connectivity index (χ1n) is 7.90. The zero-order valence-electron chi connectivity index (χ0n) is 13.9. The first kappa shape index (κ1) is 18.4. The smallest absolute Gasteiger partial charge is 0.410 e. The molecule has 0 aromatic heterocycles. The summed E-state index contributed by atoms with van der Waals surface area (Å²) in [5, 5.41) is 3.49. The van der Waals surface area contributed by atoms with Crippen LogP contribution in [0.1, 0.15) is 39.2 Å². The van der Waals surface area contributed by atoms with Crippen molar-refractivity contribution in [3.05, 3.63) is 33.1 Å². The lowest BCUT2D eigenvalue weighted by atomic mass is 10.0. The Morgan fingerprint density at radius 2 is 2.04 bits per heavy atom. The Morgan fingerprint density at radius 3 is 2.61 bits per heavy atom. The number of amides is 1. The number of benzene rings is 1. The van der Waals surface area contributed by atoms with E-state index in [2.05, 4.69) is 5.32 Å². The molecule has 0 saturated carbocycles. The summed E-state index contributed by atoms with van der Waals surface area (Å²) in [5.41, 5.74) is 0.622. The molecule has 1 N–H and O–H groups in total. The summed E-state index contributed by atoms with van der Waals surface area (Å²) in [6.07, 6.45) is 1.57. The molecular weight excluding hydrogens is 410 g/mol. The van der Waals surface area contributed by atoms with Gasteiger partial charge in [-0.3, -0.25) is 0 Å². The molecule has 0 aliphatic carbocycles. The van der Waals surface area contributed by atoms with Crippen molar-refractivity contribution in [3.8, 4) is 0 Å². The summed E-state index contributed by atoms with van der Waals surface area (Å²) in [6.45, 7) is 7.75. The summed E-state index contributed by atoms with van der Waals surface area (Å²) in [6, 6.07) is 5.54. The number of carbonyl (C=O) groups excluding carboxylic acids is 1. The zero-order chi connectivity index (χ0) is 17.0. The van der Waals surface area contributed by atoms with E-state index >= 15 is 0 Å². The molecule has 128 valence electrons. The van der Waals surface area contributed by atoms with Crippen molar-refractivity contribution in [1.82, 2.24) is 10.2 Å². The summed E-state index contributed by atoms with van der Waals surface area (Å²) >= 11 is 2.00. The normalized spacial score (nSPS) is 16.5. The number of carbonyl (C=O) groups is 1. The van der Waals surface area contributed by atoms with Crippen molar-refractivity contribution >= 4 is 28.7 Å². The number of halogens is 2. The highest BCUT2D eigenvalue weighted by Gasteiger charge is 2.26. The van der Waals surface area contributed by atoms with E-state index in [1.54, 1.807) is 11.0 Å². The second-order valence-corrected chi connectivity index (χ2v) is 8.03. The van der Waals surface area contributed by atoms with Gasteiger partial charge in [-0.2, -0.15) is 0 Å². The Morgan fingerprint density at radius 1 is 1.39 bits per heavy atom. The van der Waals surface area contributed by atoms with Crippen LogP contribution in [0.3, 0.4) is 0 Å². The number of ether oxygens (including phenoxy) is 1. The molecule has 1 saturated heterocycles. The molecule has 4 nitrogen and oxygen atoms in total. The van der Waals surface area contributed by atoms with E-state index in [9.17, 15) is 9.18 Å². The summed E-state index contributed by atoms with van der Waals surface area (Å²) in [4.78, 5) is 13.8. The lowest BCUT2D eigenvalue weighted by Crippen LogP contribution is -2.46. The lowest BCUT2D eigenvalue weighted by Gasteiger charge is -2.33. The van der Waals surface area contributed by atoms with Crippen LogP contribution in [-0.4, -0.2) is 35.7 Å². The van der Waals surface area contributed by atoms with Gasteiger partial charge in [0, 0.05) is 29.2 Å². The van der Waals surface area contributed by atoms with Crippen LogP contribution in [0, 0.1) is 9.39 Å². The third-order valence-electron chi connectivity index (χ3n) is 3.73. The molecule has 1 amide bonds. The molecule has 0 atom stereocenters. The first-order chi connectivity index (χ1) is 10.7. The van der Waals surface area contributed by atoms with E-state index in [0.717, 1.165) is 18.4 Å². The van der Waals surface area contributed by atoms with Gasteiger partial charge in [-0.1, -0.05) is 6.07 Å². The molecule has 0 spiro atoms. The Kier molecular flexibility index (Phi) is 6.25. The van der Waals surface area contributed by atoms with Crippen LogP contribution in [0.4, 0.5) is 9.18 Å². The zero-order valence-corrected chi connectivity index (χ0v) is 16.0. The van der Waals surface area contributed by atoms with Crippen LogP contribution in [0.15, 0.2) is 18.2 Å². The minimum Gasteiger partial charge on any atom is -0.444 e. The Hall–Kier alpha value is -0.890. The molecule has 1 fully saturated rings. The van der Waals surface area contributed by atoms with E-state index in [4.69, 9.17) is 4.74 Å². The van der Waals surface area contributed by atoms with Gasteiger partial charge in [-0.15, -0.1) is 0 Å². The van der Waals surface area contributed by atoms with Crippen LogP contribution < -0.4 is 5.32 Å². The Balaban J connectivity index is 1.76.